The second-order valence-electron chi connectivity index (χ2n) is 3.91. The maximum atomic E-state index is 11.4. The minimum Gasteiger partial charge on any atom is -0.496 e. The molecule has 1 aromatic heterocycles. The number of hydrogen-bond donors (Lipinski definition) is 0. The third kappa shape index (κ3) is 3.74. The van der Waals surface area contributed by atoms with Crippen LogP contribution >= 0.6 is 34.9 Å². The van der Waals surface area contributed by atoms with E-state index in [4.69, 9.17) is 4.74 Å². The smallest absolute Gasteiger partial charge is 0.175 e. The number of hydrogen-bond acceptors (Lipinski definition) is 7. The van der Waals surface area contributed by atoms with Crippen LogP contribution in [0, 0.1) is 0 Å². The van der Waals surface area contributed by atoms with Gasteiger partial charge in [0, 0.05) is 16.9 Å². The summed E-state index contributed by atoms with van der Waals surface area (Å²) in [7, 11) is 1.63. The summed E-state index contributed by atoms with van der Waals surface area (Å²) in [4.78, 5) is 11.4. The SMILES string of the molecule is COc1ccc(C(C)=O)cc1CSc1nnc(SC)s1. The number of aromatic nitrogens is 2. The summed E-state index contributed by atoms with van der Waals surface area (Å²) in [5.41, 5.74) is 1.69. The van der Waals surface area contributed by atoms with Crippen molar-refractivity contribution in [3.8, 4) is 5.75 Å². The Kier molecular flexibility index (Phi) is 5.45. The topological polar surface area (TPSA) is 52.1 Å². The van der Waals surface area contributed by atoms with Crippen molar-refractivity contribution >= 4 is 40.6 Å². The molecule has 0 saturated carbocycles. The molecular weight excluding hydrogens is 312 g/mol. The first kappa shape index (κ1) is 15.3. The minimum atomic E-state index is 0.0551. The first-order valence-corrected chi connectivity index (χ1v) is 8.85. The highest BCUT2D eigenvalue weighted by molar-refractivity contribution is 8.02. The first-order chi connectivity index (χ1) is 9.63. The lowest BCUT2D eigenvalue weighted by molar-refractivity contribution is 0.101. The molecular formula is C13H14N2O2S3. The molecule has 7 heteroatoms. The Balaban J connectivity index is 2.14. The molecule has 0 amide bonds. The average Bonchev–Trinajstić information content (AvgIpc) is 2.92. The molecule has 0 saturated heterocycles. The molecule has 0 fully saturated rings. The van der Waals surface area contributed by atoms with Crippen LogP contribution in [0.2, 0.25) is 0 Å². The molecule has 4 nitrogen and oxygen atoms in total. The van der Waals surface area contributed by atoms with Crippen molar-refractivity contribution in [3.05, 3.63) is 29.3 Å². The van der Waals surface area contributed by atoms with Crippen LogP contribution < -0.4 is 4.74 Å². The fourth-order valence-corrected chi connectivity index (χ4v) is 4.00. The number of nitrogens with zero attached hydrogens (tertiary/aromatic N) is 2. The van der Waals surface area contributed by atoms with Gasteiger partial charge in [-0.3, -0.25) is 4.79 Å². The number of benzene rings is 1. The van der Waals surface area contributed by atoms with Crippen LogP contribution in [-0.2, 0) is 5.75 Å². The monoisotopic (exact) mass is 326 g/mol. The summed E-state index contributed by atoms with van der Waals surface area (Å²) in [5.74, 6) is 1.55. The molecule has 0 aliphatic rings. The number of methoxy groups -OCH3 is 1. The Bertz CT molecular complexity index is 613. The molecule has 0 spiro atoms. The van der Waals surface area contributed by atoms with Crippen LogP contribution in [0.5, 0.6) is 5.75 Å². The molecule has 0 aliphatic heterocycles. The highest BCUT2D eigenvalue weighted by Crippen LogP contribution is 2.32. The normalized spacial score (nSPS) is 10.6. The van der Waals surface area contributed by atoms with E-state index in [-0.39, 0.29) is 5.78 Å². The summed E-state index contributed by atoms with van der Waals surface area (Å²) >= 11 is 4.76. The first-order valence-electron chi connectivity index (χ1n) is 5.82. The van der Waals surface area contributed by atoms with Crippen LogP contribution in [0.25, 0.3) is 0 Å². The molecule has 0 aliphatic carbocycles. The Morgan fingerprint density at radius 2 is 2.10 bits per heavy atom. The van der Waals surface area contributed by atoms with Gasteiger partial charge in [0.1, 0.15) is 5.75 Å². The molecule has 0 N–H and O–H groups in total. The van der Waals surface area contributed by atoms with Crippen molar-refractivity contribution in [2.45, 2.75) is 21.4 Å². The van der Waals surface area contributed by atoms with E-state index in [9.17, 15) is 4.79 Å². The Morgan fingerprint density at radius 1 is 1.35 bits per heavy atom. The molecule has 1 heterocycles. The Labute approximate surface area is 130 Å². The van der Waals surface area contributed by atoms with Crippen molar-refractivity contribution < 1.29 is 9.53 Å². The summed E-state index contributed by atoms with van der Waals surface area (Å²) < 4.78 is 7.21. The van der Waals surface area contributed by atoms with Gasteiger partial charge in [-0.15, -0.1) is 10.2 Å². The van der Waals surface area contributed by atoms with Gasteiger partial charge in [-0.2, -0.15) is 0 Å². The predicted octanol–water partition coefficient (Wildman–Crippen LogP) is 3.76. The predicted molar refractivity (Wildman–Crippen MR) is 84.2 cm³/mol. The third-order valence-electron chi connectivity index (χ3n) is 2.60. The van der Waals surface area contributed by atoms with Gasteiger partial charge in [0.15, 0.2) is 14.5 Å². The van der Waals surface area contributed by atoms with Gasteiger partial charge < -0.3 is 4.74 Å². The van der Waals surface area contributed by atoms with Crippen molar-refractivity contribution in [3.63, 3.8) is 0 Å². The zero-order valence-electron chi connectivity index (χ0n) is 11.4. The second-order valence-corrected chi connectivity index (χ2v) is 7.16. The van der Waals surface area contributed by atoms with Crippen LogP contribution in [0.1, 0.15) is 22.8 Å². The molecule has 0 unspecified atom stereocenters. The van der Waals surface area contributed by atoms with E-state index >= 15 is 0 Å². The van der Waals surface area contributed by atoms with Crippen LogP contribution in [0.3, 0.4) is 0 Å². The van der Waals surface area contributed by atoms with Gasteiger partial charge in [0.2, 0.25) is 0 Å². The third-order valence-corrected chi connectivity index (χ3v) is 5.68. The largest absolute Gasteiger partial charge is 0.496 e. The highest BCUT2D eigenvalue weighted by atomic mass is 32.2. The fourth-order valence-electron chi connectivity index (χ4n) is 1.59. The molecule has 0 atom stereocenters. The van der Waals surface area contributed by atoms with Gasteiger partial charge in [0.25, 0.3) is 0 Å². The zero-order valence-corrected chi connectivity index (χ0v) is 13.8. The van der Waals surface area contributed by atoms with E-state index in [1.165, 1.54) is 0 Å². The van der Waals surface area contributed by atoms with Gasteiger partial charge in [-0.05, 0) is 31.4 Å². The summed E-state index contributed by atoms with van der Waals surface area (Å²) in [6.07, 6.45) is 1.98. The molecule has 0 radical (unpaired) electrons. The summed E-state index contributed by atoms with van der Waals surface area (Å²) in [5, 5.41) is 8.18. The average molecular weight is 326 g/mol. The van der Waals surface area contributed by atoms with Crippen molar-refractivity contribution in [2.75, 3.05) is 13.4 Å². The number of carbonyl (C=O) groups is 1. The van der Waals surface area contributed by atoms with Gasteiger partial charge >= 0.3 is 0 Å². The number of ether oxygens (including phenoxy) is 1. The number of ketones is 1. The van der Waals surface area contributed by atoms with E-state index in [2.05, 4.69) is 10.2 Å². The minimum absolute atomic E-state index is 0.0551. The highest BCUT2D eigenvalue weighted by Gasteiger charge is 2.10. The summed E-state index contributed by atoms with van der Waals surface area (Å²) in [6, 6.07) is 5.50. The maximum Gasteiger partial charge on any atom is 0.175 e. The van der Waals surface area contributed by atoms with Gasteiger partial charge in [-0.25, -0.2) is 0 Å². The lowest BCUT2D eigenvalue weighted by atomic mass is 10.1. The molecule has 1 aromatic carbocycles. The van der Waals surface area contributed by atoms with Crippen molar-refractivity contribution in [1.82, 2.24) is 10.2 Å². The summed E-state index contributed by atoms with van der Waals surface area (Å²) in [6.45, 7) is 1.56. The quantitative estimate of drug-likeness (QED) is 0.595. The maximum absolute atomic E-state index is 11.4. The van der Waals surface area contributed by atoms with Crippen LogP contribution in [0.15, 0.2) is 26.9 Å². The van der Waals surface area contributed by atoms with Crippen LogP contribution in [-0.4, -0.2) is 29.3 Å². The number of Topliss-reactive ketones (excluding diaryl/α,β-unsaturated/α-hetero) is 1. The lowest BCUT2D eigenvalue weighted by Crippen LogP contribution is -1.96. The number of rotatable bonds is 6. The van der Waals surface area contributed by atoms with E-state index < -0.39 is 0 Å². The van der Waals surface area contributed by atoms with Gasteiger partial charge in [-0.1, -0.05) is 34.9 Å². The molecule has 106 valence electrons. The zero-order chi connectivity index (χ0) is 14.5. The van der Waals surface area contributed by atoms with E-state index in [1.807, 2.05) is 18.4 Å². The molecule has 0 bridgehead atoms. The van der Waals surface area contributed by atoms with E-state index in [0.717, 1.165) is 20.0 Å². The number of carbonyl (C=O) groups excluding carboxylic acids is 1. The molecule has 20 heavy (non-hydrogen) atoms. The van der Waals surface area contributed by atoms with Crippen molar-refractivity contribution in [2.24, 2.45) is 0 Å². The van der Waals surface area contributed by atoms with Gasteiger partial charge in [0.05, 0.1) is 7.11 Å². The van der Waals surface area contributed by atoms with Crippen LogP contribution in [0.4, 0.5) is 0 Å². The Hall–Kier alpha value is -1.05. The fraction of sp³-hybridized carbons (Fsp3) is 0.308. The Morgan fingerprint density at radius 3 is 2.70 bits per heavy atom. The second kappa shape index (κ2) is 7.10. The van der Waals surface area contributed by atoms with E-state index in [0.29, 0.717) is 11.3 Å². The molecule has 2 rings (SSSR count). The lowest BCUT2D eigenvalue weighted by Gasteiger charge is -2.08. The molecule has 2 aromatic rings. The van der Waals surface area contributed by atoms with E-state index in [1.54, 1.807) is 55.0 Å². The standard InChI is InChI=1S/C13H14N2O2S3/c1-8(16)9-4-5-11(17-2)10(6-9)7-19-13-15-14-12(18-3)20-13/h4-6H,7H2,1-3H3. The van der Waals surface area contributed by atoms with Crippen molar-refractivity contribution in [1.29, 1.82) is 0 Å². The number of thioether (sulfide) groups is 2.